The first-order valence-corrected chi connectivity index (χ1v) is 9.46. The molecule has 1 aliphatic heterocycles. The van der Waals surface area contributed by atoms with Crippen LogP contribution in [0.3, 0.4) is 0 Å². The van der Waals surface area contributed by atoms with Crippen LogP contribution in [0.1, 0.15) is 23.6 Å². The molecule has 0 saturated heterocycles. The van der Waals surface area contributed by atoms with Gasteiger partial charge < -0.3 is 9.64 Å². The number of amides is 1. The smallest absolute Gasteiger partial charge is 0.224 e. The Morgan fingerprint density at radius 1 is 0.964 bits per heavy atom. The number of fused-ring (bicyclic) bond motifs is 2. The Morgan fingerprint density at radius 2 is 1.75 bits per heavy atom. The number of nitrogens with zero attached hydrogens (tertiary/aromatic N) is 1. The minimum absolute atomic E-state index is 0.00314. The summed E-state index contributed by atoms with van der Waals surface area (Å²) in [5.74, 6) is 0.817. The van der Waals surface area contributed by atoms with Crippen molar-refractivity contribution in [3.05, 3.63) is 82.4 Å². The van der Waals surface area contributed by atoms with Crippen molar-refractivity contribution in [3.8, 4) is 16.9 Å². The molecule has 3 aromatic carbocycles. The minimum Gasteiger partial charge on any atom is -0.497 e. The molecular formula is C24H20ClNO2. The zero-order valence-corrected chi connectivity index (χ0v) is 16.5. The van der Waals surface area contributed by atoms with Crippen LogP contribution in [0.15, 0.2) is 60.7 Å². The maximum Gasteiger partial charge on any atom is 0.224 e. The molecule has 0 spiro atoms. The van der Waals surface area contributed by atoms with Crippen LogP contribution < -0.4 is 9.64 Å². The fourth-order valence-electron chi connectivity index (χ4n) is 3.51. The molecular weight excluding hydrogens is 370 g/mol. The van der Waals surface area contributed by atoms with Gasteiger partial charge in [-0.25, -0.2) is 0 Å². The number of ether oxygens (including phenoxy) is 1. The Hall–Kier alpha value is -3.04. The number of rotatable bonds is 2. The van der Waals surface area contributed by atoms with Crippen LogP contribution in [0.25, 0.3) is 23.3 Å². The molecule has 4 rings (SSSR count). The van der Waals surface area contributed by atoms with Crippen LogP contribution in [-0.4, -0.2) is 13.0 Å². The number of hydrogen-bond donors (Lipinski definition) is 0. The van der Waals surface area contributed by atoms with Gasteiger partial charge in [0, 0.05) is 11.9 Å². The lowest BCUT2D eigenvalue weighted by molar-refractivity contribution is -0.116. The molecule has 3 nitrogen and oxygen atoms in total. The van der Waals surface area contributed by atoms with Crippen LogP contribution in [0.2, 0.25) is 5.02 Å². The number of benzene rings is 3. The highest BCUT2D eigenvalue weighted by Gasteiger charge is 2.19. The van der Waals surface area contributed by atoms with E-state index in [0.29, 0.717) is 11.6 Å². The van der Waals surface area contributed by atoms with E-state index in [1.54, 1.807) is 18.9 Å². The Bertz CT molecular complexity index is 1090. The Balaban J connectivity index is 1.82. The van der Waals surface area contributed by atoms with Crippen molar-refractivity contribution >= 4 is 35.3 Å². The van der Waals surface area contributed by atoms with Crippen molar-refractivity contribution in [2.45, 2.75) is 13.5 Å². The Kier molecular flexibility index (Phi) is 4.93. The molecule has 0 aromatic heterocycles. The van der Waals surface area contributed by atoms with Crippen molar-refractivity contribution in [1.82, 2.24) is 0 Å². The van der Waals surface area contributed by atoms with Crippen molar-refractivity contribution < 1.29 is 9.53 Å². The third kappa shape index (κ3) is 3.54. The van der Waals surface area contributed by atoms with Crippen molar-refractivity contribution in [1.29, 1.82) is 0 Å². The summed E-state index contributed by atoms with van der Waals surface area (Å²) in [5.41, 5.74) is 6.15. The largest absolute Gasteiger partial charge is 0.497 e. The molecule has 0 radical (unpaired) electrons. The average Bonchev–Trinajstić information content (AvgIpc) is 2.69. The first-order valence-electron chi connectivity index (χ1n) is 9.08. The Morgan fingerprint density at radius 3 is 2.54 bits per heavy atom. The van der Waals surface area contributed by atoms with Gasteiger partial charge in [0.15, 0.2) is 0 Å². The lowest BCUT2D eigenvalue weighted by Crippen LogP contribution is -2.29. The highest BCUT2D eigenvalue weighted by atomic mass is 35.5. The van der Waals surface area contributed by atoms with E-state index < -0.39 is 0 Å². The summed E-state index contributed by atoms with van der Waals surface area (Å²) in [5, 5.41) is 0.654. The number of anilines is 1. The van der Waals surface area contributed by atoms with Gasteiger partial charge in [0.05, 0.1) is 19.3 Å². The van der Waals surface area contributed by atoms with Gasteiger partial charge in [-0.15, -0.1) is 0 Å². The maximum absolute atomic E-state index is 12.4. The Labute approximate surface area is 169 Å². The van der Waals surface area contributed by atoms with E-state index in [1.165, 1.54) is 0 Å². The predicted octanol–water partition coefficient (Wildman–Crippen LogP) is 6.05. The van der Waals surface area contributed by atoms with Gasteiger partial charge in [0.1, 0.15) is 5.75 Å². The second-order valence-corrected chi connectivity index (χ2v) is 7.22. The van der Waals surface area contributed by atoms with Gasteiger partial charge >= 0.3 is 0 Å². The highest BCUT2D eigenvalue weighted by Crippen LogP contribution is 2.33. The number of carbonyl (C=O) groups is 1. The molecule has 0 unspecified atom stereocenters. The van der Waals surface area contributed by atoms with Gasteiger partial charge in [-0.05, 0) is 64.2 Å². The van der Waals surface area contributed by atoms with Gasteiger partial charge in [-0.3, -0.25) is 4.79 Å². The molecule has 0 aliphatic carbocycles. The van der Waals surface area contributed by atoms with Crippen LogP contribution in [0, 0.1) is 0 Å². The summed E-state index contributed by atoms with van der Waals surface area (Å²) in [6, 6.07) is 19.9. The summed E-state index contributed by atoms with van der Waals surface area (Å²) in [7, 11) is 1.67. The summed E-state index contributed by atoms with van der Waals surface area (Å²) >= 11 is 6.16. The number of hydrogen-bond acceptors (Lipinski definition) is 2. The molecule has 140 valence electrons. The normalized spacial score (nSPS) is 13.8. The second-order valence-electron chi connectivity index (χ2n) is 6.79. The SMILES string of the molecule is COc1cccc(-c2ccc3c(c2)CN(C(C)=O)c2ccc(Cl)cc2/C=C\3)c1. The molecule has 1 aliphatic rings. The topological polar surface area (TPSA) is 29.5 Å². The van der Waals surface area contributed by atoms with E-state index in [1.807, 2.05) is 42.5 Å². The van der Waals surface area contributed by atoms with E-state index in [0.717, 1.165) is 39.3 Å². The molecule has 0 bridgehead atoms. The van der Waals surface area contributed by atoms with Crippen LogP contribution in [0.4, 0.5) is 5.69 Å². The maximum atomic E-state index is 12.4. The monoisotopic (exact) mass is 389 g/mol. The lowest BCUT2D eigenvalue weighted by Gasteiger charge is -2.26. The molecule has 4 heteroatoms. The van der Waals surface area contributed by atoms with Crippen LogP contribution in [0.5, 0.6) is 5.75 Å². The average molecular weight is 390 g/mol. The lowest BCUT2D eigenvalue weighted by atomic mass is 9.96. The van der Waals surface area contributed by atoms with Crippen molar-refractivity contribution in [3.63, 3.8) is 0 Å². The van der Waals surface area contributed by atoms with Gasteiger partial charge in [-0.2, -0.15) is 0 Å². The van der Waals surface area contributed by atoms with Crippen molar-refractivity contribution in [2.24, 2.45) is 0 Å². The standard InChI is InChI=1S/C24H20ClNO2/c1-16(27)26-15-21-12-19(18-4-3-5-23(14-18)28-2)8-6-17(21)7-9-20-13-22(25)10-11-24(20)26/h3-14H,15H2,1-2H3/b9-7-. The minimum atomic E-state index is -0.00314. The molecule has 1 heterocycles. The van der Waals surface area contributed by atoms with Crippen molar-refractivity contribution in [2.75, 3.05) is 12.0 Å². The molecule has 0 saturated carbocycles. The van der Waals surface area contributed by atoms with Gasteiger partial charge in [-0.1, -0.05) is 48.0 Å². The van der Waals surface area contributed by atoms with E-state index in [-0.39, 0.29) is 5.91 Å². The van der Waals surface area contributed by atoms with E-state index >= 15 is 0 Å². The molecule has 1 amide bonds. The number of carbonyl (C=O) groups excluding carboxylic acids is 1. The summed E-state index contributed by atoms with van der Waals surface area (Å²) in [4.78, 5) is 14.2. The molecule has 0 fully saturated rings. The fraction of sp³-hybridized carbons (Fsp3) is 0.125. The fourth-order valence-corrected chi connectivity index (χ4v) is 3.69. The first kappa shape index (κ1) is 18.3. The van der Waals surface area contributed by atoms with Gasteiger partial charge in [0.2, 0.25) is 5.91 Å². The summed E-state index contributed by atoms with van der Waals surface area (Å²) in [6.07, 6.45) is 4.09. The molecule has 0 N–H and O–H groups in total. The second kappa shape index (κ2) is 7.53. The first-order chi connectivity index (χ1) is 13.5. The molecule has 28 heavy (non-hydrogen) atoms. The molecule has 0 atom stereocenters. The number of methoxy groups -OCH3 is 1. The third-order valence-corrected chi connectivity index (χ3v) is 5.21. The summed E-state index contributed by atoms with van der Waals surface area (Å²) < 4.78 is 5.35. The third-order valence-electron chi connectivity index (χ3n) is 4.98. The van der Waals surface area contributed by atoms with Crippen LogP contribution in [-0.2, 0) is 11.3 Å². The van der Waals surface area contributed by atoms with E-state index in [2.05, 4.69) is 30.3 Å². The number of halogens is 1. The van der Waals surface area contributed by atoms with E-state index in [9.17, 15) is 4.79 Å². The zero-order chi connectivity index (χ0) is 19.7. The summed E-state index contributed by atoms with van der Waals surface area (Å²) in [6.45, 7) is 2.09. The molecule has 3 aromatic rings. The van der Waals surface area contributed by atoms with Crippen LogP contribution >= 0.6 is 11.6 Å². The van der Waals surface area contributed by atoms with E-state index in [4.69, 9.17) is 16.3 Å². The highest BCUT2D eigenvalue weighted by molar-refractivity contribution is 6.30. The quantitative estimate of drug-likeness (QED) is 0.533. The zero-order valence-electron chi connectivity index (χ0n) is 15.8. The predicted molar refractivity (Wildman–Crippen MR) is 116 cm³/mol. The van der Waals surface area contributed by atoms with Gasteiger partial charge in [0.25, 0.3) is 0 Å².